The number of benzene rings is 9. The van der Waals surface area contributed by atoms with E-state index in [2.05, 4.69) is 87.5 Å². The van der Waals surface area contributed by atoms with E-state index < -0.39 is 195 Å². The Morgan fingerprint density at radius 3 is 0.888 bits per heavy atom. The van der Waals surface area contributed by atoms with Crippen LogP contribution >= 0.6 is 0 Å². The first-order valence-electron chi connectivity index (χ1n) is 25.7. The zero-order valence-corrected chi connectivity index (χ0v) is 46.2. The van der Waals surface area contributed by atoms with Crippen molar-refractivity contribution >= 4 is 77.0 Å². The molecule has 0 fully saturated rings. The van der Waals surface area contributed by atoms with Gasteiger partial charge in [-0.15, -0.1) is 0 Å². The third kappa shape index (κ3) is 14.4. The Morgan fingerprint density at radius 2 is 0.584 bits per heavy atom. The fourth-order valence-electron chi connectivity index (χ4n) is 10.5. The van der Waals surface area contributed by atoms with E-state index in [1.807, 2.05) is 30.3 Å². The Labute approximate surface area is 491 Å². The van der Waals surface area contributed by atoms with Crippen molar-refractivity contribution in [3.8, 4) is 0 Å². The summed E-state index contributed by atoms with van der Waals surface area (Å²) in [5.74, 6) is 0.731. The van der Waals surface area contributed by atoms with Crippen molar-refractivity contribution < 1.29 is 110 Å². The van der Waals surface area contributed by atoms with Gasteiger partial charge in [0.15, 0.2) is 10.6 Å². The Balaban J connectivity index is 0.000000267. The molecule has 9 aromatic rings. The lowest BCUT2D eigenvalue weighted by Gasteiger charge is -2.46. The molecule has 0 aliphatic carbocycles. The molecule has 470 valence electrons. The Hall–Kier alpha value is -7.84. The molecular weight excluding hydrogens is 1260 g/mol. The monoisotopic (exact) mass is 1300 g/mol. The van der Waals surface area contributed by atoms with Crippen molar-refractivity contribution in [2.45, 2.75) is 79.8 Å². The van der Waals surface area contributed by atoms with Gasteiger partial charge in [0, 0.05) is 27.2 Å². The molecule has 0 heterocycles. The summed E-state index contributed by atoms with van der Waals surface area (Å²) < 4.78 is 341. The molecule has 0 spiro atoms. The fraction of sp³-hybridized carbons (Fsp3) is 0.210. The molecule has 9 aromatic carbocycles. The van der Waals surface area contributed by atoms with E-state index in [9.17, 15) is 110 Å². The number of Topliss-reactive ketones (excluding diaryl/α,β-unsaturated/α-hetero) is 1. The zero-order chi connectivity index (χ0) is 66.2. The average molecular weight is 1300 g/mol. The van der Waals surface area contributed by atoms with Crippen LogP contribution in [0.15, 0.2) is 175 Å². The minimum absolute atomic E-state index is 0.0485. The first-order valence-corrected chi connectivity index (χ1v) is 27.1. The van der Waals surface area contributed by atoms with Crippen LogP contribution in [0.25, 0.3) is 32.3 Å². The van der Waals surface area contributed by atoms with Crippen LogP contribution in [0.4, 0.5) is 105 Å². The predicted molar refractivity (Wildman–Crippen MR) is 290 cm³/mol. The van der Waals surface area contributed by atoms with E-state index in [4.69, 9.17) is 0 Å². The number of hydrogen-bond donors (Lipinski definition) is 0. The van der Waals surface area contributed by atoms with Crippen molar-refractivity contribution in [1.29, 1.82) is 0 Å². The second kappa shape index (κ2) is 23.2. The van der Waals surface area contributed by atoms with Gasteiger partial charge in [-0.25, -0.2) is 0 Å². The number of carbonyl (C=O) groups is 1. The zero-order valence-electron chi connectivity index (χ0n) is 45.3. The second-order valence-electron chi connectivity index (χ2n) is 21.5. The van der Waals surface area contributed by atoms with Crippen molar-refractivity contribution in [1.82, 2.24) is 0 Å². The summed E-state index contributed by atoms with van der Waals surface area (Å²) in [6.45, 7) is 6.80. The van der Waals surface area contributed by atoms with Gasteiger partial charge in [0.25, 0.3) is 0 Å². The second-order valence-corrected chi connectivity index (χ2v) is 24.2. The lowest BCUT2D eigenvalue weighted by atomic mass is 9.12. The van der Waals surface area contributed by atoms with Gasteiger partial charge >= 0.3 is 49.4 Å². The highest BCUT2D eigenvalue weighted by Gasteiger charge is 2.48. The van der Waals surface area contributed by atoms with Crippen LogP contribution in [-0.2, 0) is 60.3 Å². The van der Waals surface area contributed by atoms with Crippen molar-refractivity contribution in [2.75, 3.05) is 5.75 Å². The van der Waals surface area contributed by atoms with Crippen LogP contribution in [0.1, 0.15) is 75.6 Å². The Kier molecular flexibility index (Phi) is 17.5. The summed E-state index contributed by atoms with van der Waals surface area (Å²) in [7, 11) is -0.277. The Bertz CT molecular complexity index is 3680. The van der Waals surface area contributed by atoms with Crippen LogP contribution in [-0.4, -0.2) is 22.4 Å². The smallest absolute Gasteiger partial charge is 0.289 e. The first kappa shape index (κ1) is 67.1. The molecule has 89 heavy (non-hydrogen) atoms. The lowest BCUT2D eigenvalue weighted by Crippen LogP contribution is -2.75. The SMILES string of the molecule is CC(C)(C)[S+](CC(=O)c1ccccc1)c1c2ccccc2cc2cc3ccccc3cc12.FC(F)(F)c1cc([B-](c2cc(C(F)(F)F)cc(C(F)(F)F)c2)(c2cc(C(F)(F)F)cc(C(F)(F)F)c2)c2cc(C(F)(F)F)cc(C(F)(F)F)c2)cc(C(F)(F)F)c1. The summed E-state index contributed by atoms with van der Waals surface area (Å²) in [5.41, 5.74) is -29.4. The summed E-state index contributed by atoms with van der Waals surface area (Å²) in [4.78, 5) is 14.7. The van der Waals surface area contributed by atoms with Gasteiger partial charge in [0.2, 0.25) is 5.78 Å². The van der Waals surface area contributed by atoms with E-state index in [-0.39, 0.29) is 21.4 Å². The molecule has 0 amide bonds. The predicted octanol–water partition coefficient (Wildman–Crippen LogP) is 19.0. The molecule has 0 aromatic heterocycles. The minimum Gasteiger partial charge on any atom is -0.289 e. The molecule has 0 radical (unpaired) electrons. The highest BCUT2D eigenvalue weighted by Crippen LogP contribution is 2.44. The number of ketones is 1. The minimum atomic E-state index is -6.13. The molecule has 0 aliphatic rings. The normalized spacial score (nSPS) is 13.8. The quantitative estimate of drug-likeness (QED) is 0.0487. The van der Waals surface area contributed by atoms with Crippen LogP contribution in [0.3, 0.4) is 0 Å². The molecule has 0 aliphatic heterocycles. The number of carbonyl (C=O) groups excluding carboxylic acids is 1. The van der Waals surface area contributed by atoms with Gasteiger partial charge in [-0.1, -0.05) is 121 Å². The van der Waals surface area contributed by atoms with Crippen molar-refractivity contribution in [3.05, 3.63) is 220 Å². The molecule has 0 saturated heterocycles. The standard InChI is InChI=1S/C32H12BF24.C30H27OS/c34-25(35,36)13-1-14(26(37,38)39)6-21(5-13)33(22-7-15(27(40,41)42)2-16(8-22)28(43,44)45,23-9-17(29(46,47)48)3-18(10-23)30(49,50)51)24-11-19(31(52,53)54)4-20(12-24)32(55,56)57;1-30(2,3)32(20-28(31)21-11-5-4-6-12-21)29-26-16-10-9-15-24(26)18-25-17-22-13-7-8-14-23(22)19-27(25)29/h1-12H;4-19H,20H2,1-3H3/q-1;+1. The number of rotatable bonds is 8. The largest absolute Gasteiger partial charge is 0.416 e. The van der Waals surface area contributed by atoms with E-state index in [1.165, 1.54) is 37.2 Å². The maximum absolute atomic E-state index is 14.2. The highest BCUT2D eigenvalue weighted by atomic mass is 32.2. The summed E-state index contributed by atoms with van der Waals surface area (Å²) in [6, 6.07) is 25.0. The molecule has 9 rings (SSSR count). The number of alkyl halides is 24. The first-order chi connectivity index (χ1) is 40.7. The van der Waals surface area contributed by atoms with E-state index >= 15 is 0 Å². The van der Waals surface area contributed by atoms with Crippen LogP contribution < -0.4 is 21.9 Å². The summed E-state index contributed by atoms with van der Waals surface area (Å²) >= 11 is 0. The molecule has 1 atom stereocenters. The van der Waals surface area contributed by atoms with Gasteiger partial charge in [-0.05, 0) is 90.8 Å². The van der Waals surface area contributed by atoms with Gasteiger partial charge < -0.3 is 0 Å². The van der Waals surface area contributed by atoms with Crippen LogP contribution in [0, 0.1) is 0 Å². The maximum Gasteiger partial charge on any atom is 0.416 e. The van der Waals surface area contributed by atoms with Crippen LogP contribution in [0.5, 0.6) is 0 Å². The maximum atomic E-state index is 14.2. The molecule has 0 bridgehead atoms. The average Bonchev–Trinajstić information content (AvgIpc) is 0.721. The van der Waals surface area contributed by atoms with Gasteiger partial charge in [-0.3, -0.25) is 4.79 Å². The van der Waals surface area contributed by atoms with Crippen molar-refractivity contribution in [2.24, 2.45) is 0 Å². The van der Waals surface area contributed by atoms with Gasteiger partial charge in [-0.2, -0.15) is 127 Å². The molecule has 27 heteroatoms. The van der Waals surface area contributed by atoms with E-state index in [0.717, 1.165) is 5.56 Å². The molecule has 0 saturated carbocycles. The van der Waals surface area contributed by atoms with Gasteiger partial charge in [0.05, 0.1) is 44.5 Å². The summed E-state index contributed by atoms with van der Waals surface area (Å²) in [5, 5.41) is 7.49. The molecular formula is C62H39BF24OS. The van der Waals surface area contributed by atoms with Crippen LogP contribution in [0.2, 0.25) is 0 Å². The number of hydrogen-bond acceptors (Lipinski definition) is 1. The van der Waals surface area contributed by atoms with E-state index in [1.54, 1.807) is 0 Å². The molecule has 1 nitrogen and oxygen atoms in total. The number of halogens is 24. The fourth-order valence-corrected chi connectivity index (χ4v) is 13.0. The van der Waals surface area contributed by atoms with Gasteiger partial charge in [0.1, 0.15) is 10.9 Å². The third-order valence-electron chi connectivity index (χ3n) is 14.5. The molecule has 1 unspecified atom stereocenters. The van der Waals surface area contributed by atoms with Crippen molar-refractivity contribution in [3.63, 3.8) is 0 Å². The summed E-state index contributed by atoms with van der Waals surface area (Å²) in [6.07, 6.45) is -54.8. The van der Waals surface area contributed by atoms with E-state index in [0.29, 0.717) is 5.75 Å². The topological polar surface area (TPSA) is 17.1 Å². The Morgan fingerprint density at radius 1 is 0.315 bits per heavy atom. The third-order valence-corrected chi connectivity index (χ3v) is 17.4. The number of fused-ring (bicyclic) bond motifs is 3. The molecule has 0 N–H and O–H groups in total. The highest BCUT2D eigenvalue weighted by molar-refractivity contribution is 7.99. The lowest BCUT2D eigenvalue weighted by molar-refractivity contribution is -0.144.